The first-order chi connectivity index (χ1) is 6.09. The zero-order valence-corrected chi connectivity index (χ0v) is 8.38. The van der Waals surface area contributed by atoms with E-state index in [0.717, 1.165) is 5.57 Å². The van der Waals surface area contributed by atoms with Gasteiger partial charge >= 0.3 is 0 Å². The average Bonchev–Trinajstić information content (AvgIpc) is 2.02. The Labute approximate surface area is 79.3 Å². The Balaban J connectivity index is 2.33. The molecule has 1 heterocycles. The second-order valence-corrected chi connectivity index (χ2v) is 3.71. The molecule has 0 radical (unpaired) electrons. The molecule has 0 aromatic rings. The van der Waals surface area contributed by atoms with Crippen molar-refractivity contribution in [3.8, 4) is 0 Å². The van der Waals surface area contributed by atoms with Crippen LogP contribution in [0.2, 0.25) is 0 Å². The summed E-state index contributed by atoms with van der Waals surface area (Å²) < 4.78 is 0. The summed E-state index contributed by atoms with van der Waals surface area (Å²) in [6, 6.07) is 0.209. The van der Waals surface area contributed by atoms with Crippen molar-refractivity contribution in [1.29, 1.82) is 0 Å². The standard InChI is InChI=1S/C10H17NO2/c1-8(2)7-13-11-5-4-10(12)6-9(11)3/h9H,1,4-7H2,2-3H3. The minimum atomic E-state index is 0.209. The first-order valence-corrected chi connectivity index (χ1v) is 4.65. The topological polar surface area (TPSA) is 29.5 Å². The largest absolute Gasteiger partial charge is 0.300 e. The van der Waals surface area contributed by atoms with Crippen LogP contribution in [0.5, 0.6) is 0 Å². The molecule has 3 heteroatoms. The van der Waals surface area contributed by atoms with Gasteiger partial charge in [0.15, 0.2) is 0 Å². The third-order valence-electron chi connectivity index (χ3n) is 2.10. The van der Waals surface area contributed by atoms with E-state index in [-0.39, 0.29) is 6.04 Å². The number of carbonyl (C=O) groups excluding carboxylic acids is 1. The molecule has 0 spiro atoms. The van der Waals surface area contributed by atoms with Gasteiger partial charge < -0.3 is 0 Å². The smallest absolute Gasteiger partial charge is 0.135 e. The molecule has 1 unspecified atom stereocenters. The Kier molecular flexibility index (Phi) is 3.63. The van der Waals surface area contributed by atoms with Gasteiger partial charge in [0.1, 0.15) is 5.78 Å². The number of piperidine rings is 1. The van der Waals surface area contributed by atoms with Crippen LogP contribution in [0.4, 0.5) is 0 Å². The lowest BCUT2D eigenvalue weighted by atomic mass is 10.1. The molecule has 1 saturated heterocycles. The molecule has 0 saturated carbocycles. The van der Waals surface area contributed by atoms with Crippen LogP contribution < -0.4 is 0 Å². The lowest BCUT2D eigenvalue weighted by Crippen LogP contribution is -2.41. The molecule has 74 valence electrons. The molecule has 0 aromatic carbocycles. The summed E-state index contributed by atoms with van der Waals surface area (Å²) in [6.07, 6.45) is 1.22. The summed E-state index contributed by atoms with van der Waals surface area (Å²) in [5.41, 5.74) is 1.00. The van der Waals surface area contributed by atoms with Gasteiger partial charge in [0.25, 0.3) is 0 Å². The van der Waals surface area contributed by atoms with Crippen molar-refractivity contribution in [2.45, 2.75) is 32.7 Å². The lowest BCUT2D eigenvalue weighted by Gasteiger charge is -2.31. The van der Waals surface area contributed by atoms with Crippen molar-refractivity contribution in [3.05, 3.63) is 12.2 Å². The molecule has 1 aliphatic rings. The summed E-state index contributed by atoms with van der Waals surface area (Å²) in [5, 5.41) is 1.88. The molecule has 0 N–H and O–H groups in total. The van der Waals surface area contributed by atoms with Crippen molar-refractivity contribution in [2.24, 2.45) is 0 Å². The van der Waals surface area contributed by atoms with Crippen molar-refractivity contribution >= 4 is 5.78 Å². The van der Waals surface area contributed by atoms with Gasteiger partial charge in [-0.1, -0.05) is 12.2 Å². The van der Waals surface area contributed by atoms with Crippen molar-refractivity contribution in [3.63, 3.8) is 0 Å². The fourth-order valence-electron chi connectivity index (χ4n) is 1.37. The molecule has 0 bridgehead atoms. The highest BCUT2D eigenvalue weighted by Gasteiger charge is 2.23. The number of carbonyl (C=O) groups is 1. The Morgan fingerprint density at radius 2 is 2.46 bits per heavy atom. The Morgan fingerprint density at radius 1 is 1.77 bits per heavy atom. The summed E-state index contributed by atoms with van der Waals surface area (Å²) in [4.78, 5) is 16.5. The number of Topliss-reactive ketones (excluding diaryl/α,β-unsaturated/α-hetero) is 1. The number of hydrogen-bond donors (Lipinski definition) is 0. The van der Waals surface area contributed by atoms with E-state index in [1.165, 1.54) is 0 Å². The van der Waals surface area contributed by atoms with Crippen LogP contribution in [0.3, 0.4) is 0 Å². The minimum Gasteiger partial charge on any atom is -0.300 e. The van der Waals surface area contributed by atoms with E-state index in [4.69, 9.17) is 4.84 Å². The highest BCUT2D eigenvalue weighted by molar-refractivity contribution is 5.79. The summed E-state index contributed by atoms with van der Waals surface area (Å²) in [5.74, 6) is 0.336. The van der Waals surface area contributed by atoms with E-state index in [2.05, 4.69) is 6.58 Å². The van der Waals surface area contributed by atoms with Crippen LogP contribution in [0, 0.1) is 0 Å². The van der Waals surface area contributed by atoms with Crippen LogP contribution in [0.25, 0.3) is 0 Å². The van der Waals surface area contributed by atoms with E-state index in [1.807, 2.05) is 18.9 Å². The van der Waals surface area contributed by atoms with Crippen molar-refractivity contribution in [2.75, 3.05) is 13.2 Å². The first kappa shape index (κ1) is 10.4. The normalized spacial score (nSPS) is 24.8. The fourth-order valence-corrected chi connectivity index (χ4v) is 1.37. The van der Waals surface area contributed by atoms with E-state index in [1.54, 1.807) is 0 Å². The van der Waals surface area contributed by atoms with Gasteiger partial charge in [-0.25, -0.2) is 0 Å². The van der Waals surface area contributed by atoms with E-state index in [9.17, 15) is 4.79 Å². The predicted octanol–water partition coefficient (Wildman–Crippen LogP) is 1.55. The third kappa shape index (κ3) is 3.28. The monoisotopic (exact) mass is 183 g/mol. The molecule has 0 aliphatic carbocycles. The molecule has 0 amide bonds. The van der Waals surface area contributed by atoms with E-state index in [0.29, 0.717) is 31.8 Å². The Hall–Kier alpha value is -0.670. The number of ketones is 1. The van der Waals surface area contributed by atoms with Gasteiger partial charge in [0.2, 0.25) is 0 Å². The van der Waals surface area contributed by atoms with E-state index >= 15 is 0 Å². The molecule has 13 heavy (non-hydrogen) atoms. The zero-order valence-electron chi connectivity index (χ0n) is 8.38. The number of hydrogen-bond acceptors (Lipinski definition) is 3. The lowest BCUT2D eigenvalue weighted by molar-refractivity contribution is -0.188. The summed E-state index contributed by atoms with van der Waals surface area (Å²) >= 11 is 0. The van der Waals surface area contributed by atoms with Crippen LogP contribution in [0.1, 0.15) is 26.7 Å². The highest BCUT2D eigenvalue weighted by Crippen LogP contribution is 2.14. The molecular formula is C10H17NO2. The molecular weight excluding hydrogens is 166 g/mol. The quantitative estimate of drug-likeness (QED) is 0.622. The van der Waals surface area contributed by atoms with Gasteiger partial charge in [0.05, 0.1) is 6.61 Å². The highest BCUT2D eigenvalue weighted by atomic mass is 16.7. The molecule has 0 aromatic heterocycles. The Morgan fingerprint density at radius 3 is 3.00 bits per heavy atom. The molecule has 3 nitrogen and oxygen atoms in total. The predicted molar refractivity (Wildman–Crippen MR) is 51.2 cm³/mol. The average molecular weight is 183 g/mol. The first-order valence-electron chi connectivity index (χ1n) is 4.65. The molecule has 1 fully saturated rings. The fraction of sp³-hybridized carbons (Fsp3) is 0.700. The molecule has 1 rings (SSSR count). The van der Waals surface area contributed by atoms with Crippen LogP contribution in [0.15, 0.2) is 12.2 Å². The van der Waals surface area contributed by atoms with Gasteiger partial charge in [-0.3, -0.25) is 9.63 Å². The number of nitrogens with zero attached hydrogens (tertiary/aromatic N) is 1. The maximum absolute atomic E-state index is 11.1. The molecule has 1 atom stereocenters. The summed E-state index contributed by atoms with van der Waals surface area (Å²) in [6.45, 7) is 8.97. The van der Waals surface area contributed by atoms with Crippen molar-refractivity contribution < 1.29 is 9.63 Å². The maximum atomic E-state index is 11.1. The van der Waals surface area contributed by atoms with Crippen LogP contribution in [-0.4, -0.2) is 30.0 Å². The SMILES string of the molecule is C=C(C)CON1CCC(=O)CC1C. The summed E-state index contributed by atoms with van der Waals surface area (Å²) in [7, 11) is 0. The Bertz CT molecular complexity index is 213. The van der Waals surface area contributed by atoms with Gasteiger partial charge in [-0.2, -0.15) is 5.06 Å². The number of hydroxylamine groups is 2. The van der Waals surface area contributed by atoms with Crippen molar-refractivity contribution in [1.82, 2.24) is 5.06 Å². The van der Waals surface area contributed by atoms with Gasteiger partial charge in [-0.05, 0) is 13.8 Å². The molecule has 1 aliphatic heterocycles. The van der Waals surface area contributed by atoms with Gasteiger partial charge in [-0.15, -0.1) is 0 Å². The van der Waals surface area contributed by atoms with Crippen LogP contribution >= 0.6 is 0 Å². The maximum Gasteiger partial charge on any atom is 0.135 e. The second-order valence-electron chi connectivity index (χ2n) is 3.71. The second kappa shape index (κ2) is 4.53. The van der Waals surface area contributed by atoms with Gasteiger partial charge in [0, 0.05) is 25.4 Å². The number of rotatable bonds is 3. The zero-order chi connectivity index (χ0) is 9.84. The third-order valence-corrected chi connectivity index (χ3v) is 2.10. The van der Waals surface area contributed by atoms with E-state index < -0.39 is 0 Å². The van der Waals surface area contributed by atoms with Crippen LogP contribution in [-0.2, 0) is 9.63 Å². The minimum absolute atomic E-state index is 0.209.